The van der Waals surface area contributed by atoms with Crippen LogP contribution in [0.1, 0.15) is 56.7 Å². The molecule has 184 valence electrons. The number of ether oxygens (including phenoxy) is 2. The molecule has 35 heavy (non-hydrogen) atoms. The molecular formula is C26H28N2O6S. The highest BCUT2D eigenvalue weighted by Gasteiger charge is 2.28. The van der Waals surface area contributed by atoms with Crippen molar-refractivity contribution in [1.82, 2.24) is 4.90 Å². The largest absolute Gasteiger partial charge is 0.462 e. The number of thiophene rings is 1. The van der Waals surface area contributed by atoms with Crippen molar-refractivity contribution in [2.45, 2.75) is 27.7 Å². The molecule has 0 aliphatic heterocycles. The highest BCUT2D eigenvalue weighted by molar-refractivity contribution is 7.18. The van der Waals surface area contributed by atoms with Crippen molar-refractivity contribution in [1.29, 1.82) is 0 Å². The first-order valence-electron chi connectivity index (χ1n) is 11.4. The van der Waals surface area contributed by atoms with Crippen LogP contribution < -0.4 is 5.32 Å². The number of hydrogen-bond donors (Lipinski definition) is 1. The second-order valence-corrected chi connectivity index (χ2v) is 8.63. The number of hydrogen-bond acceptors (Lipinski definition) is 7. The summed E-state index contributed by atoms with van der Waals surface area (Å²) < 4.78 is 10.4. The lowest BCUT2D eigenvalue weighted by Gasteiger charge is -2.18. The van der Waals surface area contributed by atoms with Gasteiger partial charge in [0.15, 0.2) is 6.61 Å². The first kappa shape index (κ1) is 25.9. The van der Waals surface area contributed by atoms with E-state index in [1.807, 2.05) is 38.1 Å². The minimum absolute atomic E-state index is 0.126. The van der Waals surface area contributed by atoms with Crippen molar-refractivity contribution < 1.29 is 28.7 Å². The summed E-state index contributed by atoms with van der Waals surface area (Å²) in [5.74, 6) is -2.14. The van der Waals surface area contributed by atoms with Crippen molar-refractivity contribution in [2.24, 2.45) is 0 Å². The molecule has 0 saturated heterocycles. The van der Waals surface area contributed by atoms with Crippen LogP contribution in [0.5, 0.6) is 0 Å². The molecule has 0 aliphatic rings. The Bertz CT molecular complexity index is 1260. The van der Waals surface area contributed by atoms with Gasteiger partial charge >= 0.3 is 11.9 Å². The summed E-state index contributed by atoms with van der Waals surface area (Å²) in [7, 11) is 0. The van der Waals surface area contributed by atoms with Gasteiger partial charge in [0.2, 0.25) is 0 Å². The van der Waals surface area contributed by atoms with Crippen LogP contribution in [0.4, 0.5) is 5.00 Å². The SMILES string of the molecule is CCOC(=O)c1c(NC(=O)COC(=O)c2cccc3ccccc23)sc(C(=O)N(CC)CC)c1C. The first-order valence-corrected chi connectivity index (χ1v) is 12.2. The second kappa shape index (κ2) is 11.6. The molecule has 0 radical (unpaired) electrons. The maximum Gasteiger partial charge on any atom is 0.341 e. The zero-order chi connectivity index (χ0) is 25.5. The van der Waals surface area contributed by atoms with Gasteiger partial charge in [0, 0.05) is 13.1 Å². The van der Waals surface area contributed by atoms with E-state index in [4.69, 9.17) is 9.47 Å². The third-order valence-corrected chi connectivity index (χ3v) is 6.66. The van der Waals surface area contributed by atoms with Crippen LogP contribution in [0, 0.1) is 6.92 Å². The molecule has 3 rings (SSSR count). The van der Waals surface area contributed by atoms with Crippen molar-refractivity contribution in [3.8, 4) is 0 Å². The summed E-state index contributed by atoms with van der Waals surface area (Å²) in [4.78, 5) is 52.8. The fourth-order valence-corrected chi connectivity index (χ4v) is 4.86. The number of nitrogens with one attached hydrogen (secondary N) is 1. The fraction of sp³-hybridized carbons (Fsp3) is 0.308. The number of anilines is 1. The van der Waals surface area contributed by atoms with E-state index in [0.29, 0.717) is 29.1 Å². The van der Waals surface area contributed by atoms with Gasteiger partial charge in [-0.15, -0.1) is 11.3 Å². The average Bonchev–Trinajstić information content (AvgIpc) is 3.18. The van der Waals surface area contributed by atoms with Gasteiger partial charge in [-0.25, -0.2) is 9.59 Å². The summed E-state index contributed by atoms with van der Waals surface area (Å²) in [5.41, 5.74) is 0.914. The number of rotatable bonds is 9. The summed E-state index contributed by atoms with van der Waals surface area (Å²) >= 11 is 1.00. The summed E-state index contributed by atoms with van der Waals surface area (Å²) in [6.45, 7) is 7.65. The predicted molar refractivity (Wildman–Crippen MR) is 135 cm³/mol. The lowest BCUT2D eigenvalue weighted by atomic mass is 10.1. The molecule has 8 nitrogen and oxygen atoms in total. The van der Waals surface area contributed by atoms with Crippen LogP contribution in [-0.4, -0.2) is 55.0 Å². The first-order chi connectivity index (χ1) is 16.8. The molecule has 0 fully saturated rings. The maximum absolute atomic E-state index is 12.9. The maximum atomic E-state index is 12.9. The van der Waals surface area contributed by atoms with Crippen molar-refractivity contribution in [2.75, 3.05) is 31.6 Å². The molecule has 0 aliphatic carbocycles. The summed E-state index contributed by atoms with van der Waals surface area (Å²) in [6, 6.07) is 12.6. The van der Waals surface area contributed by atoms with E-state index >= 15 is 0 Å². The summed E-state index contributed by atoms with van der Waals surface area (Å²) in [6.07, 6.45) is 0. The van der Waals surface area contributed by atoms with E-state index in [9.17, 15) is 19.2 Å². The number of benzene rings is 2. The Labute approximate surface area is 207 Å². The van der Waals surface area contributed by atoms with E-state index < -0.39 is 24.5 Å². The number of amides is 2. The van der Waals surface area contributed by atoms with Crippen LogP contribution in [0.25, 0.3) is 10.8 Å². The third-order valence-electron chi connectivity index (χ3n) is 5.47. The average molecular weight is 497 g/mol. The van der Waals surface area contributed by atoms with Crippen LogP contribution in [-0.2, 0) is 14.3 Å². The van der Waals surface area contributed by atoms with Gasteiger partial charge in [0.05, 0.1) is 22.6 Å². The highest BCUT2D eigenvalue weighted by Crippen LogP contribution is 2.34. The quantitative estimate of drug-likeness (QED) is 0.432. The minimum Gasteiger partial charge on any atom is -0.462 e. The Morgan fingerprint density at radius 3 is 2.29 bits per heavy atom. The zero-order valence-corrected chi connectivity index (χ0v) is 21.0. The monoisotopic (exact) mass is 496 g/mol. The van der Waals surface area contributed by atoms with Gasteiger partial charge in [-0.3, -0.25) is 9.59 Å². The molecule has 0 saturated carbocycles. The van der Waals surface area contributed by atoms with Crippen molar-refractivity contribution >= 4 is 50.9 Å². The van der Waals surface area contributed by atoms with Gasteiger partial charge < -0.3 is 19.7 Å². The van der Waals surface area contributed by atoms with Crippen molar-refractivity contribution in [3.05, 3.63) is 64.0 Å². The Balaban J connectivity index is 1.79. The lowest BCUT2D eigenvalue weighted by molar-refractivity contribution is -0.119. The fourth-order valence-electron chi connectivity index (χ4n) is 3.68. The molecule has 0 bridgehead atoms. The molecule has 0 unspecified atom stereocenters. The van der Waals surface area contributed by atoms with E-state index in [-0.39, 0.29) is 23.1 Å². The number of carbonyl (C=O) groups excluding carboxylic acids is 4. The van der Waals surface area contributed by atoms with Crippen LogP contribution in [0.15, 0.2) is 42.5 Å². The second-order valence-electron chi connectivity index (χ2n) is 7.61. The highest BCUT2D eigenvalue weighted by atomic mass is 32.1. The minimum atomic E-state index is -0.637. The third kappa shape index (κ3) is 5.68. The Kier molecular flexibility index (Phi) is 8.59. The number of nitrogens with zero attached hydrogens (tertiary/aromatic N) is 1. The topological polar surface area (TPSA) is 102 Å². The number of fused-ring (bicyclic) bond motifs is 1. The van der Waals surface area contributed by atoms with Crippen LogP contribution in [0.3, 0.4) is 0 Å². The Morgan fingerprint density at radius 2 is 1.60 bits per heavy atom. The standard InChI is InChI=1S/C26H28N2O6S/c1-5-28(6-2)24(30)22-16(4)21(26(32)33-7-3)23(35-22)27-20(29)15-34-25(31)19-14-10-12-17-11-8-9-13-18(17)19/h8-14H,5-7,15H2,1-4H3,(H,27,29). The van der Waals surface area contributed by atoms with Crippen LogP contribution >= 0.6 is 11.3 Å². The van der Waals surface area contributed by atoms with E-state index in [1.165, 1.54) is 0 Å². The lowest BCUT2D eigenvalue weighted by Crippen LogP contribution is -2.30. The smallest absolute Gasteiger partial charge is 0.341 e. The van der Waals surface area contributed by atoms with E-state index in [0.717, 1.165) is 22.1 Å². The summed E-state index contributed by atoms with van der Waals surface area (Å²) in [5, 5.41) is 4.40. The normalized spacial score (nSPS) is 10.6. The van der Waals surface area contributed by atoms with Gasteiger partial charge in [-0.1, -0.05) is 36.4 Å². The Hall–Kier alpha value is -3.72. The van der Waals surface area contributed by atoms with Gasteiger partial charge in [0.1, 0.15) is 5.00 Å². The molecular weight excluding hydrogens is 468 g/mol. The molecule has 2 amide bonds. The molecule has 0 atom stereocenters. The molecule has 1 aromatic heterocycles. The Morgan fingerprint density at radius 1 is 0.914 bits per heavy atom. The molecule has 1 N–H and O–H groups in total. The van der Waals surface area contributed by atoms with E-state index in [2.05, 4.69) is 5.32 Å². The van der Waals surface area contributed by atoms with Gasteiger partial charge in [-0.2, -0.15) is 0 Å². The number of carbonyl (C=O) groups is 4. The molecule has 2 aromatic carbocycles. The number of esters is 2. The van der Waals surface area contributed by atoms with Gasteiger partial charge in [-0.05, 0) is 50.1 Å². The molecule has 0 spiro atoms. The van der Waals surface area contributed by atoms with Crippen LogP contribution in [0.2, 0.25) is 0 Å². The van der Waals surface area contributed by atoms with Crippen molar-refractivity contribution in [3.63, 3.8) is 0 Å². The van der Waals surface area contributed by atoms with Gasteiger partial charge in [0.25, 0.3) is 11.8 Å². The zero-order valence-electron chi connectivity index (χ0n) is 20.2. The molecule has 1 heterocycles. The molecule has 9 heteroatoms. The predicted octanol–water partition coefficient (Wildman–Crippen LogP) is 4.66. The molecule has 3 aromatic rings. The van der Waals surface area contributed by atoms with E-state index in [1.54, 1.807) is 36.9 Å².